The van der Waals surface area contributed by atoms with Gasteiger partial charge in [-0.25, -0.2) is 0 Å². The van der Waals surface area contributed by atoms with Gasteiger partial charge >= 0.3 is 51.4 Å². The van der Waals surface area contributed by atoms with Gasteiger partial charge in [0.25, 0.3) is 0 Å². The van der Waals surface area contributed by atoms with Crippen molar-refractivity contribution >= 4 is 0 Å². The van der Waals surface area contributed by atoms with E-state index in [9.17, 15) is 0 Å². The van der Waals surface area contributed by atoms with Crippen molar-refractivity contribution in [2.24, 2.45) is 5.41 Å². The molecule has 96 valence electrons. The van der Waals surface area contributed by atoms with Crippen LogP contribution in [0.2, 0.25) is 0 Å². The van der Waals surface area contributed by atoms with Crippen molar-refractivity contribution in [3.63, 3.8) is 0 Å². The summed E-state index contributed by atoms with van der Waals surface area (Å²) in [4.78, 5) is 0. The van der Waals surface area contributed by atoms with Crippen molar-refractivity contribution in [1.82, 2.24) is 0 Å². The molecule has 0 aromatic rings. The van der Waals surface area contributed by atoms with Crippen molar-refractivity contribution in [1.29, 1.82) is 0 Å². The minimum absolute atomic E-state index is 0. The zero-order valence-electron chi connectivity index (χ0n) is 13.5. The van der Waals surface area contributed by atoms with Gasteiger partial charge in [0.15, 0.2) is 0 Å². The third kappa shape index (κ3) is 9.67. The Morgan fingerprint density at radius 3 is 1.88 bits per heavy atom. The Labute approximate surface area is 153 Å². The molecule has 0 bridgehead atoms. The molecule has 0 nitrogen and oxygen atoms in total. The van der Waals surface area contributed by atoms with E-state index < -0.39 is 0 Å². The third-order valence-corrected chi connectivity index (χ3v) is 2.77. The zero-order chi connectivity index (χ0) is 11.9. The van der Waals surface area contributed by atoms with E-state index in [-0.39, 0.29) is 58.8 Å². The Morgan fingerprint density at radius 2 is 1.59 bits per heavy atom. The third-order valence-electron chi connectivity index (χ3n) is 2.77. The predicted octanol–water partition coefficient (Wildman–Crippen LogP) is 2.96. The van der Waals surface area contributed by atoms with Crippen LogP contribution >= 0.6 is 0 Å². The summed E-state index contributed by atoms with van der Waals surface area (Å²) in [7, 11) is 0. The minimum Gasteiger partial charge on any atom is -0.358 e. The fourth-order valence-electron chi connectivity index (χ4n) is 1.83. The smallest absolute Gasteiger partial charge is 0.358 e. The first kappa shape index (κ1) is 23.2. The van der Waals surface area contributed by atoms with E-state index >= 15 is 0 Å². The quantitative estimate of drug-likeness (QED) is 0.530. The molecule has 0 heterocycles. The van der Waals surface area contributed by atoms with Gasteiger partial charge in [0, 0.05) is 0 Å². The molecular formula is C16H31K. The molecule has 0 N–H and O–H groups in total. The molecule has 1 aliphatic rings. The molecule has 1 rings (SSSR count). The zero-order valence-corrected chi connectivity index (χ0v) is 16.6. The Morgan fingerprint density at radius 1 is 1.06 bits per heavy atom. The maximum Gasteiger partial charge on any atom is 1.00 e. The molecule has 0 radical (unpaired) electrons. The number of allylic oxidation sites excluding steroid dienone is 4. The fourth-order valence-corrected chi connectivity index (χ4v) is 1.83. The van der Waals surface area contributed by atoms with E-state index in [4.69, 9.17) is 0 Å². The molecule has 0 aromatic heterocycles. The molecule has 0 spiro atoms. The molecule has 17 heavy (non-hydrogen) atoms. The molecule has 0 unspecified atom stereocenters. The van der Waals surface area contributed by atoms with E-state index in [1.807, 2.05) is 13.8 Å². The van der Waals surface area contributed by atoms with Crippen molar-refractivity contribution < 1.29 is 51.4 Å². The first-order chi connectivity index (χ1) is 7.04. The first-order valence-corrected chi connectivity index (χ1v) is 6.43. The van der Waals surface area contributed by atoms with Crippen molar-refractivity contribution in [3.05, 3.63) is 30.7 Å². The maximum absolute atomic E-state index is 2.34. The van der Waals surface area contributed by atoms with Crippen LogP contribution in [0.1, 0.15) is 67.2 Å². The summed E-state index contributed by atoms with van der Waals surface area (Å²) in [6, 6.07) is 0. The second-order valence-corrected chi connectivity index (χ2v) is 5.02. The van der Waals surface area contributed by atoms with Crippen molar-refractivity contribution in [3.8, 4) is 0 Å². The van der Waals surface area contributed by atoms with Gasteiger partial charge in [0.05, 0.1) is 0 Å². The van der Waals surface area contributed by atoms with Crippen LogP contribution in [0, 0.1) is 12.8 Å². The van der Waals surface area contributed by atoms with Crippen LogP contribution in [0.3, 0.4) is 0 Å². The van der Waals surface area contributed by atoms with Crippen LogP contribution < -0.4 is 51.4 Å². The molecule has 0 amide bonds. The summed E-state index contributed by atoms with van der Waals surface area (Å²) >= 11 is 0. The molecule has 0 saturated heterocycles. The van der Waals surface area contributed by atoms with Gasteiger partial charge in [-0.05, 0) is 24.7 Å². The molecule has 0 aliphatic heterocycles. The molecule has 1 aliphatic carbocycles. The topological polar surface area (TPSA) is 0 Å². The molecule has 0 fully saturated rings. The maximum atomic E-state index is 2.34. The van der Waals surface area contributed by atoms with Crippen LogP contribution in [0.4, 0.5) is 0 Å². The van der Waals surface area contributed by atoms with Crippen molar-refractivity contribution in [2.45, 2.75) is 67.2 Å². The second-order valence-electron chi connectivity index (χ2n) is 5.02. The average molecular weight is 263 g/mol. The van der Waals surface area contributed by atoms with Crippen molar-refractivity contribution in [2.75, 3.05) is 0 Å². The number of hydrogen-bond donors (Lipinski definition) is 0. The predicted molar refractivity (Wildman–Crippen MR) is 77.5 cm³/mol. The first-order valence-electron chi connectivity index (χ1n) is 6.43. The fraction of sp³-hybridized carbons (Fsp3) is 0.688. The summed E-state index contributed by atoms with van der Waals surface area (Å²) in [6.45, 7) is 13.2. The number of rotatable bonds is 2. The average Bonchev–Trinajstić information content (AvgIpc) is 2.21. The van der Waals surface area contributed by atoms with E-state index in [1.54, 1.807) is 11.1 Å². The Hall–Kier alpha value is 1.12. The molecular weight excluding hydrogens is 231 g/mol. The van der Waals surface area contributed by atoms with Crippen LogP contribution in [0.15, 0.2) is 23.3 Å². The van der Waals surface area contributed by atoms with Gasteiger partial charge < -0.3 is 7.43 Å². The molecule has 1 heteroatoms. The summed E-state index contributed by atoms with van der Waals surface area (Å²) in [5.74, 6) is 0. The monoisotopic (exact) mass is 262 g/mol. The van der Waals surface area contributed by atoms with E-state index in [0.717, 1.165) is 0 Å². The summed E-state index contributed by atoms with van der Waals surface area (Å²) in [5.41, 5.74) is 3.61. The van der Waals surface area contributed by atoms with Crippen LogP contribution in [-0.2, 0) is 0 Å². The summed E-state index contributed by atoms with van der Waals surface area (Å²) in [5, 5.41) is 0. The van der Waals surface area contributed by atoms with Gasteiger partial charge in [0.2, 0.25) is 0 Å². The minimum atomic E-state index is 0. The number of hydrogen-bond acceptors (Lipinski definition) is 0. The summed E-state index contributed by atoms with van der Waals surface area (Å²) < 4.78 is 0. The normalized spacial score (nSPS) is 14.2. The van der Waals surface area contributed by atoms with Gasteiger partial charge in [-0.15, -0.1) is 0 Å². The van der Waals surface area contributed by atoms with Gasteiger partial charge in [-0.3, -0.25) is 0 Å². The largest absolute Gasteiger partial charge is 1.00 e. The van der Waals surface area contributed by atoms with E-state index in [0.29, 0.717) is 5.41 Å². The SMILES string of the molecule is CC.CCCC1=CC=C(C(C)(C)C)CC1.[CH3-].[K+]. The van der Waals surface area contributed by atoms with E-state index in [1.165, 1.54) is 25.7 Å². The van der Waals surface area contributed by atoms with Crippen LogP contribution in [-0.4, -0.2) is 0 Å². The standard InChI is InChI=1S/C13H22.C2H6.CH3.K/c1-5-6-11-7-9-12(10-8-11)13(2,3)4;1-2;;/h7,9H,5-6,8,10H2,1-4H3;1-2H3;1H3;/q;;-1;+1. The Bertz CT molecular complexity index is 228. The van der Waals surface area contributed by atoms with Gasteiger partial charge in [-0.1, -0.05) is 71.3 Å². The molecule has 0 atom stereocenters. The Balaban J connectivity index is -0.000000464. The van der Waals surface area contributed by atoms with E-state index in [2.05, 4.69) is 39.8 Å². The summed E-state index contributed by atoms with van der Waals surface area (Å²) in [6.07, 6.45) is 9.81. The van der Waals surface area contributed by atoms with Gasteiger partial charge in [0.1, 0.15) is 0 Å². The Kier molecular flexibility index (Phi) is 16.6. The van der Waals surface area contributed by atoms with Crippen LogP contribution in [0.25, 0.3) is 0 Å². The van der Waals surface area contributed by atoms with Crippen LogP contribution in [0.5, 0.6) is 0 Å². The van der Waals surface area contributed by atoms with Gasteiger partial charge in [-0.2, -0.15) is 0 Å². The molecule has 0 aromatic carbocycles. The molecule has 0 saturated carbocycles. The second kappa shape index (κ2) is 12.2.